The van der Waals surface area contributed by atoms with Crippen LogP contribution in [0.2, 0.25) is 0 Å². The van der Waals surface area contributed by atoms with Gasteiger partial charge in [0.05, 0.1) is 34.8 Å². The van der Waals surface area contributed by atoms with E-state index < -0.39 is 0 Å². The summed E-state index contributed by atoms with van der Waals surface area (Å²) in [7, 11) is 0. The Kier molecular flexibility index (Phi) is 10.6. The maximum Gasteiger partial charge on any atom is 0.122 e. The Morgan fingerprint density at radius 1 is 0.944 bits per heavy atom. The first kappa shape index (κ1) is 28.5. The Morgan fingerprint density at radius 2 is 1.47 bits per heavy atom. The summed E-state index contributed by atoms with van der Waals surface area (Å²) < 4.78 is 0. The van der Waals surface area contributed by atoms with E-state index in [1.807, 2.05) is 36.5 Å². The van der Waals surface area contributed by atoms with Crippen LogP contribution in [0.3, 0.4) is 0 Å². The van der Waals surface area contributed by atoms with Gasteiger partial charge in [0.15, 0.2) is 0 Å². The number of aliphatic hydroxyl groups excluding tert-OH is 1. The van der Waals surface area contributed by atoms with Gasteiger partial charge in [0, 0.05) is 49.3 Å². The number of aromatic amines is 3. The van der Waals surface area contributed by atoms with E-state index in [0.717, 1.165) is 45.7 Å². The number of imidazole rings is 3. The summed E-state index contributed by atoms with van der Waals surface area (Å²) in [6.45, 7) is 5.79. The van der Waals surface area contributed by atoms with Crippen LogP contribution in [0.5, 0.6) is 0 Å². The molecule has 0 atom stereocenters. The summed E-state index contributed by atoms with van der Waals surface area (Å²) >= 11 is 0. The zero-order valence-corrected chi connectivity index (χ0v) is 23.8. The van der Waals surface area contributed by atoms with Gasteiger partial charge < -0.3 is 31.2 Å². The zero-order valence-electron chi connectivity index (χ0n) is 20.8. The van der Waals surface area contributed by atoms with E-state index in [1.165, 1.54) is 5.69 Å². The molecule has 2 aromatic carbocycles. The summed E-state index contributed by atoms with van der Waals surface area (Å²) in [5.41, 5.74) is 12.3. The number of aromatic nitrogens is 6. The largest absolute Gasteiger partial charge is 0.397 e. The summed E-state index contributed by atoms with van der Waals surface area (Å²) in [4.78, 5) is 22.5. The fourth-order valence-corrected chi connectivity index (χ4v) is 3.33. The van der Waals surface area contributed by atoms with Crippen molar-refractivity contribution < 1.29 is 24.6 Å². The van der Waals surface area contributed by atoms with Crippen molar-refractivity contribution in [1.29, 1.82) is 10.8 Å². The molecule has 0 aliphatic carbocycles. The van der Waals surface area contributed by atoms with Crippen LogP contribution < -0.4 is 5.73 Å². The van der Waals surface area contributed by atoms with Crippen molar-refractivity contribution in [3.63, 3.8) is 0 Å². The molecule has 3 heterocycles. The normalized spacial score (nSPS) is 10.1. The first-order chi connectivity index (χ1) is 16.8. The minimum Gasteiger partial charge on any atom is -0.397 e. The number of nitrogens with one attached hydrogen (secondary N) is 5. The number of rotatable bonds is 5. The molecule has 3 aromatic heterocycles. The van der Waals surface area contributed by atoms with Crippen LogP contribution in [0.1, 0.15) is 49.2 Å². The van der Waals surface area contributed by atoms with Crippen LogP contribution in [-0.2, 0) is 32.3 Å². The fourth-order valence-electron chi connectivity index (χ4n) is 3.33. The predicted molar refractivity (Wildman–Crippen MR) is 139 cm³/mol. The molecule has 0 fully saturated rings. The first-order valence-electron chi connectivity index (χ1n) is 11.3. The molecule has 0 radical (unpaired) electrons. The summed E-state index contributed by atoms with van der Waals surface area (Å²) in [5, 5.41) is 22.8. The third-order valence-electron chi connectivity index (χ3n) is 5.08. The number of hydrogen-bond acceptors (Lipinski definition) is 6. The molecule has 5 rings (SSSR count). The number of hydrogen-bond donors (Lipinski definition) is 7. The number of benzene rings is 2. The van der Waals surface area contributed by atoms with Crippen LogP contribution in [-0.4, -0.2) is 53.2 Å². The first-order valence-corrected chi connectivity index (χ1v) is 11.3. The molecule has 0 aliphatic heterocycles. The summed E-state index contributed by atoms with van der Waals surface area (Å²) in [6, 6.07) is 11.2. The van der Waals surface area contributed by atoms with Crippen molar-refractivity contribution in [2.24, 2.45) is 5.73 Å². The van der Waals surface area contributed by atoms with E-state index in [1.54, 1.807) is 26.2 Å². The Bertz CT molecular complexity index is 1330. The average Bonchev–Trinajstić information content (AvgIpc) is 3.57. The van der Waals surface area contributed by atoms with Gasteiger partial charge in [0.1, 0.15) is 17.5 Å². The molecule has 10 nitrogen and oxygen atoms in total. The van der Waals surface area contributed by atoms with Crippen molar-refractivity contribution >= 4 is 33.6 Å². The smallest absolute Gasteiger partial charge is 0.122 e. The molecule has 36 heavy (non-hydrogen) atoms. The molecule has 0 unspecified atom stereocenters. The number of amidine groups is 1. The van der Waals surface area contributed by atoms with E-state index in [0.29, 0.717) is 17.7 Å². The van der Waals surface area contributed by atoms with Crippen molar-refractivity contribution in [1.82, 2.24) is 29.9 Å². The molecule has 0 aliphatic rings. The second kappa shape index (κ2) is 13.4. The third-order valence-corrected chi connectivity index (χ3v) is 5.08. The summed E-state index contributed by atoms with van der Waals surface area (Å²) in [5.74, 6) is 1.63. The van der Waals surface area contributed by atoms with Crippen LogP contribution in [0.25, 0.3) is 22.1 Å². The molecule has 0 bridgehead atoms. The van der Waals surface area contributed by atoms with E-state index in [4.69, 9.17) is 21.7 Å². The Hall–Kier alpha value is -3.69. The number of nitrogens with two attached hydrogens (primary N) is 1. The third kappa shape index (κ3) is 7.40. The van der Waals surface area contributed by atoms with Crippen molar-refractivity contribution in [3.8, 4) is 0 Å². The number of nitrogen functional groups attached to an aromatic ring is 1. The minimum absolute atomic E-state index is 0. The van der Waals surface area contributed by atoms with E-state index >= 15 is 0 Å². The SMILES string of the molecule is CC(=N)c1ccc2nc(Cc3nc4ccc(C(=N)N)cc4[nH]3)[nH]c2c1.CCO.CCc1cnc[nH]1.[Zn]. The van der Waals surface area contributed by atoms with Crippen molar-refractivity contribution in [2.75, 3.05) is 6.61 Å². The van der Waals surface area contributed by atoms with Gasteiger partial charge in [0.2, 0.25) is 0 Å². The molecule has 184 valence electrons. The molecule has 0 saturated carbocycles. The Labute approximate surface area is 222 Å². The fraction of sp³-hybridized carbons (Fsp3) is 0.240. The maximum atomic E-state index is 7.73. The minimum atomic E-state index is 0. The van der Waals surface area contributed by atoms with Gasteiger partial charge in [-0.15, -0.1) is 0 Å². The average molecular weight is 539 g/mol. The molecular weight excluding hydrogens is 508 g/mol. The second-order valence-corrected chi connectivity index (χ2v) is 7.79. The molecule has 5 aromatic rings. The Morgan fingerprint density at radius 3 is 1.89 bits per heavy atom. The van der Waals surface area contributed by atoms with Gasteiger partial charge in [0.25, 0.3) is 0 Å². The van der Waals surface area contributed by atoms with Crippen LogP contribution in [0, 0.1) is 10.8 Å². The second-order valence-electron chi connectivity index (χ2n) is 7.79. The maximum absolute atomic E-state index is 7.73. The molecule has 11 heteroatoms. The van der Waals surface area contributed by atoms with E-state index in [2.05, 4.69) is 36.8 Å². The monoisotopic (exact) mass is 537 g/mol. The zero-order chi connectivity index (χ0) is 25.4. The van der Waals surface area contributed by atoms with Gasteiger partial charge >= 0.3 is 0 Å². The molecule has 0 amide bonds. The molecular formula is C25H31N9OZn. The summed E-state index contributed by atoms with van der Waals surface area (Å²) in [6.07, 6.45) is 5.11. The molecule has 0 saturated heterocycles. The van der Waals surface area contributed by atoms with Gasteiger partial charge in [-0.3, -0.25) is 5.41 Å². The number of fused-ring (bicyclic) bond motifs is 2. The molecule has 0 spiro atoms. The van der Waals surface area contributed by atoms with Gasteiger partial charge in [-0.05, 0) is 56.2 Å². The van der Waals surface area contributed by atoms with Crippen molar-refractivity contribution in [2.45, 2.75) is 33.6 Å². The van der Waals surface area contributed by atoms with Crippen molar-refractivity contribution in [3.05, 3.63) is 77.4 Å². The standard InChI is InChI=1S/C18H17N7.C5H8N2.C2H6O.Zn/c1-9(19)10-2-4-12-14(6-10)24-16(22-12)8-17-23-13-5-3-11(18(20)21)7-15(13)25-17;1-2-5-3-6-4-7-5;1-2-3;/h2-7,19H,8H2,1H3,(H3,20,21)(H,22,24)(H,23,25);3-4H,2H2,1H3,(H,6,7);3H,2H2,1H3;. The van der Waals surface area contributed by atoms with Crippen LogP contribution >= 0.6 is 0 Å². The van der Waals surface area contributed by atoms with Gasteiger partial charge in [-0.25, -0.2) is 15.0 Å². The van der Waals surface area contributed by atoms with E-state index in [9.17, 15) is 0 Å². The van der Waals surface area contributed by atoms with Crippen LogP contribution in [0.15, 0.2) is 48.9 Å². The van der Waals surface area contributed by atoms with Crippen LogP contribution in [0.4, 0.5) is 0 Å². The van der Waals surface area contributed by atoms with E-state index in [-0.39, 0.29) is 31.9 Å². The number of H-pyrrole nitrogens is 3. The Balaban J connectivity index is 0.000000351. The number of aryl methyl sites for hydroxylation is 1. The predicted octanol–water partition coefficient (Wildman–Crippen LogP) is 3.67. The number of nitrogens with zero attached hydrogens (tertiary/aromatic N) is 3. The number of aliphatic hydroxyl groups is 1. The van der Waals surface area contributed by atoms with Gasteiger partial charge in [-0.2, -0.15) is 0 Å². The van der Waals surface area contributed by atoms with Gasteiger partial charge in [-0.1, -0.05) is 13.0 Å². The quantitative estimate of drug-likeness (QED) is 0.102. The molecule has 8 N–H and O–H groups in total. The topological polar surface area (TPSA) is 180 Å².